The van der Waals surface area contributed by atoms with Crippen LogP contribution in [0.4, 0.5) is 15.8 Å². The quantitative estimate of drug-likeness (QED) is 0.147. The molecule has 2 fully saturated rings. The second kappa shape index (κ2) is 9.48. The Balaban J connectivity index is 0.000000917. The van der Waals surface area contributed by atoms with Gasteiger partial charge in [0.1, 0.15) is 11.8 Å². The van der Waals surface area contributed by atoms with Gasteiger partial charge in [-0.1, -0.05) is 25.1 Å². The van der Waals surface area contributed by atoms with Gasteiger partial charge in [-0.15, -0.1) is 0 Å². The van der Waals surface area contributed by atoms with Crippen LogP contribution in [0.2, 0.25) is 0 Å². The van der Waals surface area contributed by atoms with Crippen LogP contribution in [0.25, 0.3) is 5.57 Å². The molecule has 0 amide bonds. The van der Waals surface area contributed by atoms with Gasteiger partial charge in [-0.05, 0) is 87.4 Å². The number of alkyl halides is 1. The molecular weight excluding hydrogens is 447 g/mol. The number of nitrogen functional groups attached to an aromatic ring is 2. The Kier molecular flexibility index (Phi) is 7.07. The molecular formula is C27H41FN4O3. The number of halogens is 1. The Morgan fingerprint density at radius 3 is 2.51 bits per heavy atom. The minimum absolute atomic E-state index is 0.0714. The fraction of sp³-hybridized carbons (Fsp3) is 0.630. The molecule has 2 saturated carbocycles. The molecule has 0 bridgehead atoms. The summed E-state index contributed by atoms with van der Waals surface area (Å²) in [6.07, 6.45) is 5.04. The zero-order valence-electron chi connectivity index (χ0n) is 21.0. The van der Waals surface area contributed by atoms with Crippen LogP contribution in [0.3, 0.4) is 0 Å². The van der Waals surface area contributed by atoms with Crippen LogP contribution in [0.15, 0.2) is 35.9 Å². The van der Waals surface area contributed by atoms with Crippen LogP contribution in [0.5, 0.6) is 0 Å². The van der Waals surface area contributed by atoms with Crippen molar-refractivity contribution >= 4 is 16.9 Å². The van der Waals surface area contributed by atoms with E-state index in [1.54, 1.807) is 0 Å². The predicted molar refractivity (Wildman–Crippen MR) is 138 cm³/mol. The lowest BCUT2D eigenvalue weighted by Crippen LogP contribution is -2.55. The molecule has 7 atom stereocenters. The highest BCUT2D eigenvalue weighted by molar-refractivity contribution is 5.79. The van der Waals surface area contributed by atoms with E-state index in [4.69, 9.17) is 11.6 Å². The monoisotopic (exact) mass is 488 g/mol. The highest BCUT2D eigenvalue weighted by Crippen LogP contribution is 2.63. The molecule has 1 aromatic carbocycles. The maximum atomic E-state index is 16.2. The summed E-state index contributed by atoms with van der Waals surface area (Å²) in [6, 6.07) is 5.71. The van der Waals surface area contributed by atoms with Crippen molar-refractivity contribution < 1.29 is 19.7 Å². The van der Waals surface area contributed by atoms with E-state index in [0.717, 1.165) is 11.1 Å². The van der Waals surface area contributed by atoms with E-state index in [9.17, 15) is 15.3 Å². The van der Waals surface area contributed by atoms with E-state index in [0.29, 0.717) is 55.5 Å². The lowest BCUT2D eigenvalue weighted by Gasteiger charge is -2.50. The molecule has 6 unspecified atom stereocenters. The lowest BCUT2D eigenvalue weighted by atomic mass is 9.57. The molecule has 1 aromatic rings. The third-order valence-corrected chi connectivity index (χ3v) is 8.98. The Labute approximate surface area is 207 Å². The van der Waals surface area contributed by atoms with E-state index in [1.807, 2.05) is 38.4 Å². The molecule has 8 heteroatoms. The summed E-state index contributed by atoms with van der Waals surface area (Å²) in [5.41, 5.74) is 8.82. The number of hydrogen-bond donors (Lipinski definition) is 7. The molecule has 35 heavy (non-hydrogen) atoms. The standard InChI is InChI=1S/C25H34FN3O3.C2H7N/c1-23-10-9-18-22(31)24(26)13-16(30)4-3-15(24)8-11-25(18,32)21(23)7-5-17(23)14-2-6-19(27)20(12-14)29-28;1-3-2/h2,5-6,9,12,15-16,21-22,29-32H,3-4,7-8,10-11,13,27-28H2,1H3;3H,1-2H3/t15?,16?,21?,22?,23?,24?,25-;/m1./s1. The van der Waals surface area contributed by atoms with Crippen LogP contribution in [-0.4, -0.2) is 52.9 Å². The molecule has 0 spiro atoms. The molecule has 9 N–H and O–H groups in total. The van der Waals surface area contributed by atoms with Gasteiger partial charge in [0, 0.05) is 17.8 Å². The first kappa shape index (κ1) is 26.1. The number of hydrogen-bond acceptors (Lipinski definition) is 7. The van der Waals surface area contributed by atoms with Gasteiger partial charge in [0.25, 0.3) is 0 Å². The topological polar surface area (TPSA) is 137 Å². The van der Waals surface area contributed by atoms with Gasteiger partial charge < -0.3 is 31.8 Å². The molecule has 194 valence electrons. The highest BCUT2D eigenvalue weighted by atomic mass is 19.1. The largest absolute Gasteiger partial charge is 0.397 e. The number of aliphatic hydroxyl groups excluding tert-OH is 2. The maximum Gasteiger partial charge on any atom is 0.145 e. The number of benzene rings is 1. The second-order valence-corrected chi connectivity index (χ2v) is 11.1. The maximum absolute atomic E-state index is 16.2. The SMILES string of the molecule is CC12CC=C3C(O)C4(F)CC(O)CCC4CC[C@]3(O)C1CC=C2c1ccc(N)c(NN)c1.CNC. The van der Waals surface area contributed by atoms with E-state index >= 15 is 4.39 Å². The fourth-order valence-corrected chi connectivity index (χ4v) is 7.19. The van der Waals surface area contributed by atoms with Gasteiger partial charge in [-0.3, -0.25) is 5.84 Å². The van der Waals surface area contributed by atoms with Crippen molar-refractivity contribution in [3.63, 3.8) is 0 Å². The number of nitrogens with one attached hydrogen (secondary N) is 2. The van der Waals surface area contributed by atoms with Crippen molar-refractivity contribution in [1.29, 1.82) is 0 Å². The zero-order valence-corrected chi connectivity index (χ0v) is 21.0. The summed E-state index contributed by atoms with van der Waals surface area (Å²) in [7, 11) is 3.75. The number of hydrazine groups is 1. The summed E-state index contributed by atoms with van der Waals surface area (Å²) in [4.78, 5) is 0. The number of nitrogens with two attached hydrogens (primary N) is 2. The fourth-order valence-electron chi connectivity index (χ4n) is 7.19. The van der Waals surface area contributed by atoms with E-state index in [-0.39, 0.29) is 23.7 Å². The summed E-state index contributed by atoms with van der Waals surface area (Å²) in [5, 5.41) is 36.2. The van der Waals surface area contributed by atoms with Crippen LogP contribution in [0.1, 0.15) is 57.4 Å². The molecule has 0 radical (unpaired) electrons. The molecule has 0 aliphatic heterocycles. The number of aliphatic hydroxyl groups is 3. The van der Waals surface area contributed by atoms with Gasteiger partial charge in [-0.25, -0.2) is 4.39 Å². The Morgan fingerprint density at radius 2 is 1.83 bits per heavy atom. The van der Waals surface area contributed by atoms with Gasteiger partial charge in [0.05, 0.1) is 23.1 Å². The highest BCUT2D eigenvalue weighted by Gasteiger charge is 2.62. The van der Waals surface area contributed by atoms with Crippen molar-refractivity contribution in [2.75, 3.05) is 25.3 Å². The first-order chi connectivity index (χ1) is 16.5. The molecule has 4 aliphatic rings. The second-order valence-electron chi connectivity index (χ2n) is 11.1. The van der Waals surface area contributed by atoms with Crippen molar-refractivity contribution in [3.8, 4) is 0 Å². The molecule has 5 rings (SSSR count). The van der Waals surface area contributed by atoms with E-state index in [2.05, 4.69) is 23.7 Å². The third kappa shape index (κ3) is 4.09. The van der Waals surface area contributed by atoms with Gasteiger partial charge in [0.2, 0.25) is 0 Å². The van der Waals surface area contributed by atoms with Crippen molar-refractivity contribution in [3.05, 3.63) is 41.5 Å². The number of anilines is 2. The van der Waals surface area contributed by atoms with Crippen molar-refractivity contribution in [1.82, 2.24) is 5.32 Å². The van der Waals surface area contributed by atoms with Crippen LogP contribution < -0.4 is 22.3 Å². The number of rotatable bonds is 2. The number of fused-ring (bicyclic) bond motifs is 4. The van der Waals surface area contributed by atoms with Crippen LogP contribution in [0, 0.1) is 17.3 Å². The van der Waals surface area contributed by atoms with E-state index in [1.165, 1.54) is 0 Å². The van der Waals surface area contributed by atoms with Crippen LogP contribution in [-0.2, 0) is 0 Å². The average Bonchev–Trinajstić information content (AvgIpc) is 3.14. The van der Waals surface area contributed by atoms with Gasteiger partial charge in [-0.2, -0.15) is 0 Å². The Morgan fingerprint density at radius 1 is 1.11 bits per heavy atom. The molecule has 0 aromatic heterocycles. The average molecular weight is 489 g/mol. The summed E-state index contributed by atoms with van der Waals surface area (Å²) < 4.78 is 16.2. The summed E-state index contributed by atoms with van der Waals surface area (Å²) >= 11 is 0. The van der Waals surface area contributed by atoms with Crippen molar-refractivity contribution in [2.45, 2.75) is 75.3 Å². The molecule has 0 saturated heterocycles. The minimum atomic E-state index is -1.89. The van der Waals surface area contributed by atoms with E-state index < -0.39 is 23.5 Å². The summed E-state index contributed by atoms with van der Waals surface area (Å²) in [6.45, 7) is 2.15. The lowest BCUT2D eigenvalue weighted by molar-refractivity contribution is -0.0963. The van der Waals surface area contributed by atoms with Crippen molar-refractivity contribution in [2.24, 2.45) is 23.1 Å². The number of allylic oxidation sites excluding steroid dienone is 3. The molecule has 7 nitrogen and oxygen atoms in total. The minimum Gasteiger partial charge on any atom is -0.397 e. The van der Waals surface area contributed by atoms with Gasteiger partial charge >= 0.3 is 0 Å². The zero-order chi connectivity index (χ0) is 25.6. The smallest absolute Gasteiger partial charge is 0.145 e. The van der Waals surface area contributed by atoms with Gasteiger partial charge in [0.15, 0.2) is 0 Å². The first-order valence-electron chi connectivity index (χ1n) is 12.7. The third-order valence-electron chi connectivity index (χ3n) is 8.98. The Hall–Kier alpha value is -1.97. The summed E-state index contributed by atoms with van der Waals surface area (Å²) in [5.74, 6) is 5.10. The Bertz CT molecular complexity index is 1020. The predicted octanol–water partition coefficient (Wildman–Crippen LogP) is 2.88. The normalized spacial score (nSPS) is 40.1. The van der Waals surface area contributed by atoms with Crippen LogP contribution >= 0.6 is 0 Å². The molecule has 0 heterocycles. The first-order valence-corrected chi connectivity index (χ1v) is 12.7. The molecule has 4 aliphatic carbocycles.